The molecule has 0 saturated heterocycles. The van der Waals surface area contributed by atoms with Crippen molar-refractivity contribution in [2.45, 2.75) is 26.7 Å². The predicted molar refractivity (Wildman–Crippen MR) is 81.6 cm³/mol. The van der Waals surface area contributed by atoms with E-state index in [1.165, 1.54) is 0 Å². The summed E-state index contributed by atoms with van der Waals surface area (Å²) in [4.78, 5) is 18.5. The van der Waals surface area contributed by atoms with E-state index in [-0.39, 0.29) is 23.1 Å². The Kier molecular flexibility index (Phi) is 4.32. The summed E-state index contributed by atoms with van der Waals surface area (Å²) in [5.41, 5.74) is 7.54. The summed E-state index contributed by atoms with van der Waals surface area (Å²) in [5.74, 6) is 0.127. The molecule has 0 amide bonds. The molecule has 0 aliphatic carbocycles. The lowest BCUT2D eigenvalue weighted by molar-refractivity contribution is -0.385. The molecular formula is C14H17N5O2. The zero-order valence-electron chi connectivity index (χ0n) is 12.0. The maximum Gasteiger partial charge on any atom is 0.332 e. The number of benzene rings is 1. The topological polar surface area (TPSA) is 107 Å². The first-order valence-corrected chi connectivity index (χ1v) is 6.66. The molecule has 21 heavy (non-hydrogen) atoms. The summed E-state index contributed by atoms with van der Waals surface area (Å²) in [7, 11) is 0. The Labute approximate surface area is 122 Å². The fourth-order valence-corrected chi connectivity index (χ4v) is 2.15. The van der Waals surface area contributed by atoms with Gasteiger partial charge in [0, 0.05) is 5.69 Å². The molecule has 0 bridgehead atoms. The van der Waals surface area contributed by atoms with Gasteiger partial charge in [0.2, 0.25) is 11.8 Å². The number of hydrogen-bond acceptors (Lipinski definition) is 6. The van der Waals surface area contributed by atoms with Crippen LogP contribution in [0.2, 0.25) is 0 Å². The number of hydrogen-bond donors (Lipinski definition) is 2. The van der Waals surface area contributed by atoms with Gasteiger partial charge in [-0.15, -0.1) is 0 Å². The Balaban J connectivity index is 2.47. The van der Waals surface area contributed by atoms with Crippen molar-refractivity contribution in [3.63, 3.8) is 0 Å². The Hall–Kier alpha value is -2.70. The molecule has 0 radical (unpaired) electrons. The molecule has 0 unspecified atom stereocenters. The monoisotopic (exact) mass is 287 g/mol. The Morgan fingerprint density at radius 1 is 1.33 bits per heavy atom. The van der Waals surface area contributed by atoms with E-state index in [9.17, 15) is 10.1 Å². The van der Waals surface area contributed by atoms with Gasteiger partial charge in [-0.3, -0.25) is 10.1 Å². The van der Waals surface area contributed by atoms with Crippen molar-refractivity contribution < 1.29 is 4.92 Å². The first-order valence-electron chi connectivity index (χ1n) is 6.66. The normalized spacial score (nSPS) is 10.4. The first kappa shape index (κ1) is 14.7. The molecule has 2 rings (SSSR count). The van der Waals surface area contributed by atoms with E-state index >= 15 is 0 Å². The molecular weight excluding hydrogens is 270 g/mol. The Morgan fingerprint density at radius 2 is 2.05 bits per heavy atom. The molecule has 1 aromatic carbocycles. The van der Waals surface area contributed by atoms with Crippen molar-refractivity contribution in [2.24, 2.45) is 0 Å². The van der Waals surface area contributed by atoms with E-state index in [1.54, 1.807) is 6.92 Å². The molecule has 1 heterocycles. The van der Waals surface area contributed by atoms with Crippen LogP contribution in [0.1, 0.15) is 24.6 Å². The summed E-state index contributed by atoms with van der Waals surface area (Å²) in [6.45, 7) is 3.62. The Morgan fingerprint density at radius 3 is 2.71 bits per heavy atom. The summed E-state index contributed by atoms with van der Waals surface area (Å²) < 4.78 is 0. The molecule has 110 valence electrons. The molecule has 0 aliphatic rings. The highest BCUT2D eigenvalue weighted by Crippen LogP contribution is 2.30. The highest BCUT2D eigenvalue weighted by molar-refractivity contribution is 5.69. The highest BCUT2D eigenvalue weighted by atomic mass is 16.6. The van der Waals surface area contributed by atoms with Crippen molar-refractivity contribution in [3.05, 3.63) is 45.6 Å². The Bertz CT molecular complexity index is 672. The van der Waals surface area contributed by atoms with Crippen molar-refractivity contribution in [1.82, 2.24) is 9.97 Å². The number of para-hydroxylation sites is 1. The van der Waals surface area contributed by atoms with Crippen molar-refractivity contribution >= 4 is 23.1 Å². The lowest BCUT2D eigenvalue weighted by Gasteiger charge is -2.12. The molecule has 0 spiro atoms. The third-order valence-electron chi connectivity index (χ3n) is 3.05. The highest BCUT2D eigenvalue weighted by Gasteiger charge is 2.22. The van der Waals surface area contributed by atoms with Crippen LogP contribution < -0.4 is 11.1 Å². The SMILES string of the molecule is CCCc1ccccc1Nc1nc(N)nc(C)c1[N+](=O)[O-]. The van der Waals surface area contributed by atoms with Crippen LogP contribution in [0.3, 0.4) is 0 Å². The zero-order valence-corrected chi connectivity index (χ0v) is 12.0. The fraction of sp³-hybridized carbons (Fsp3) is 0.286. The van der Waals surface area contributed by atoms with Gasteiger partial charge in [-0.1, -0.05) is 31.5 Å². The smallest absolute Gasteiger partial charge is 0.332 e. The van der Waals surface area contributed by atoms with E-state index in [2.05, 4.69) is 22.2 Å². The molecule has 0 aliphatic heterocycles. The largest absolute Gasteiger partial charge is 0.368 e. The minimum Gasteiger partial charge on any atom is -0.368 e. The third kappa shape index (κ3) is 3.25. The van der Waals surface area contributed by atoms with Gasteiger partial charge in [0.1, 0.15) is 5.69 Å². The van der Waals surface area contributed by atoms with E-state index in [0.717, 1.165) is 24.1 Å². The van der Waals surface area contributed by atoms with Gasteiger partial charge in [-0.05, 0) is 25.0 Å². The van der Waals surface area contributed by atoms with Crippen LogP contribution in [-0.2, 0) is 6.42 Å². The summed E-state index contributed by atoms with van der Waals surface area (Å²) in [5, 5.41) is 14.2. The molecule has 2 aromatic rings. The van der Waals surface area contributed by atoms with Gasteiger partial charge in [0.15, 0.2) is 0 Å². The van der Waals surface area contributed by atoms with Crippen LogP contribution in [0.25, 0.3) is 0 Å². The van der Waals surface area contributed by atoms with Crippen LogP contribution in [0, 0.1) is 17.0 Å². The average Bonchev–Trinajstić information content (AvgIpc) is 2.40. The minimum atomic E-state index is -0.500. The number of anilines is 3. The third-order valence-corrected chi connectivity index (χ3v) is 3.05. The summed E-state index contributed by atoms with van der Waals surface area (Å²) in [6.07, 6.45) is 1.85. The maximum atomic E-state index is 11.2. The number of rotatable bonds is 5. The standard InChI is InChI=1S/C14H17N5O2/c1-3-6-10-7-4-5-8-11(10)17-13-12(19(20)21)9(2)16-14(15)18-13/h4-5,7-8H,3,6H2,1-2H3,(H3,15,16,17,18). The van der Waals surface area contributed by atoms with E-state index in [1.807, 2.05) is 24.3 Å². The van der Waals surface area contributed by atoms with Crippen LogP contribution >= 0.6 is 0 Å². The maximum absolute atomic E-state index is 11.2. The summed E-state index contributed by atoms with van der Waals surface area (Å²) in [6, 6.07) is 7.65. The molecule has 7 nitrogen and oxygen atoms in total. The number of nitrogen functional groups attached to an aromatic ring is 1. The van der Waals surface area contributed by atoms with E-state index in [0.29, 0.717) is 0 Å². The molecule has 0 atom stereocenters. The van der Waals surface area contributed by atoms with Crippen LogP contribution in [0.15, 0.2) is 24.3 Å². The number of nitrogens with zero attached hydrogens (tertiary/aromatic N) is 3. The van der Waals surface area contributed by atoms with Crippen LogP contribution in [-0.4, -0.2) is 14.9 Å². The molecule has 0 fully saturated rings. The number of nitrogens with one attached hydrogen (secondary N) is 1. The fourth-order valence-electron chi connectivity index (χ4n) is 2.15. The minimum absolute atomic E-state index is 0.00794. The molecule has 1 aromatic heterocycles. The average molecular weight is 287 g/mol. The van der Waals surface area contributed by atoms with Gasteiger partial charge >= 0.3 is 5.69 Å². The second-order valence-corrected chi connectivity index (χ2v) is 4.65. The molecule has 0 saturated carbocycles. The van der Waals surface area contributed by atoms with Gasteiger partial charge in [0.25, 0.3) is 0 Å². The lowest BCUT2D eigenvalue weighted by atomic mass is 10.1. The van der Waals surface area contributed by atoms with Gasteiger partial charge in [0.05, 0.1) is 4.92 Å². The van der Waals surface area contributed by atoms with Crippen molar-refractivity contribution in [2.75, 3.05) is 11.1 Å². The molecule has 3 N–H and O–H groups in total. The number of nitrogens with two attached hydrogens (primary N) is 1. The van der Waals surface area contributed by atoms with Crippen LogP contribution in [0.5, 0.6) is 0 Å². The lowest BCUT2D eigenvalue weighted by Crippen LogP contribution is -2.07. The predicted octanol–water partition coefficient (Wildman–Crippen LogP) is 2.97. The van der Waals surface area contributed by atoms with Gasteiger partial charge in [-0.2, -0.15) is 4.98 Å². The second kappa shape index (κ2) is 6.17. The summed E-state index contributed by atoms with van der Waals surface area (Å²) >= 11 is 0. The van der Waals surface area contributed by atoms with E-state index < -0.39 is 4.92 Å². The van der Waals surface area contributed by atoms with Crippen LogP contribution in [0.4, 0.5) is 23.1 Å². The quantitative estimate of drug-likeness (QED) is 0.646. The number of nitro groups is 1. The van der Waals surface area contributed by atoms with Gasteiger partial charge in [-0.25, -0.2) is 4.98 Å². The van der Waals surface area contributed by atoms with Gasteiger partial charge < -0.3 is 11.1 Å². The number of aromatic nitrogens is 2. The first-order chi connectivity index (χ1) is 10.0. The number of aryl methyl sites for hydroxylation is 2. The zero-order chi connectivity index (χ0) is 15.4. The van der Waals surface area contributed by atoms with E-state index in [4.69, 9.17) is 5.73 Å². The molecule has 7 heteroatoms. The van der Waals surface area contributed by atoms with Crippen molar-refractivity contribution in [3.8, 4) is 0 Å². The second-order valence-electron chi connectivity index (χ2n) is 4.65. The van der Waals surface area contributed by atoms with Crippen molar-refractivity contribution in [1.29, 1.82) is 0 Å².